The van der Waals surface area contributed by atoms with Gasteiger partial charge in [-0.25, -0.2) is 0 Å². The van der Waals surface area contributed by atoms with Crippen LogP contribution < -0.4 is 5.32 Å². The van der Waals surface area contributed by atoms with Crippen molar-refractivity contribution in [1.82, 2.24) is 5.32 Å². The predicted molar refractivity (Wildman–Crippen MR) is 320 cm³/mol. The summed E-state index contributed by atoms with van der Waals surface area (Å²) in [5.41, 5.74) is 0. The molecule has 0 aliphatic carbocycles. The average Bonchev–Trinajstić information content (AvgIpc) is 3.39. The normalized spacial score (nSPS) is 12.5. The lowest BCUT2D eigenvalue weighted by Gasteiger charge is -2.22. The van der Waals surface area contributed by atoms with Gasteiger partial charge in [0.15, 0.2) is 0 Å². The lowest BCUT2D eigenvalue weighted by molar-refractivity contribution is -0.143. The lowest BCUT2D eigenvalue weighted by Crippen LogP contribution is -2.45. The Bertz CT molecular complexity index is 1100. The average molecular weight is 1030 g/mol. The standard InChI is InChI=1S/C67H131NO5/c1-3-5-7-9-11-13-15-17-18-19-31-34-37-41-45-49-53-57-61-67(72)73-62-58-54-50-46-42-38-35-32-29-27-25-23-21-20-22-24-26-28-30-33-36-40-44-48-52-56-60-66(71)68-64(63-69)65(70)59-55-51-47-43-39-16-14-12-10-8-6-4-2/h20,22,64-65,69-70H,3-19,21,23-63H2,1-2H3,(H,68,71)/b22-20-. The Labute approximate surface area is 457 Å². The van der Waals surface area contributed by atoms with Crippen LogP contribution in [0.15, 0.2) is 12.2 Å². The Hall–Kier alpha value is -1.40. The maximum absolute atomic E-state index is 12.5. The molecule has 0 aliphatic rings. The van der Waals surface area contributed by atoms with E-state index in [-0.39, 0.29) is 18.5 Å². The van der Waals surface area contributed by atoms with E-state index in [1.165, 1.54) is 308 Å². The van der Waals surface area contributed by atoms with Crippen LogP contribution in [0.25, 0.3) is 0 Å². The van der Waals surface area contributed by atoms with E-state index < -0.39 is 12.1 Å². The number of nitrogens with one attached hydrogen (secondary N) is 1. The number of unbranched alkanes of at least 4 members (excludes halogenated alkanes) is 50. The molecule has 0 saturated heterocycles. The summed E-state index contributed by atoms with van der Waals surface area (Å²) >= 11 is 0. The zero-order chi connectivity index (χ0) is 52.9. The van der Waals surface area contributed by atoms with Gasteiger partial charge in [0.2, 0.25) is 5.91 Å². The van der Waals surface area contributed by atoms with Crippen LogP contribution in [0, 0.1) is 0 Å². The fourth-order valence-electron chi connectivity index (χ4n) is 10.7. The monoisotopic (exact) mass is 1030 g/mol. The number of carbonyl (C=O) groups excluding carboxylic acids is 2. The summed E-state index contributed by atoms with van der Waals surface area (Å²) in [6.07, 6.45) is 76.8. The third-order valence-corrected chi connectivity index (χ3v) is 15.8. The number of aliphatic hydroxyl groups is 2. The zero-order valence-electron chi connectivity index (χ0n) is 49.6. The number of aliphatic hydroxyl groups excluding tert-OH is 2. The first-order valence-corrected chi connectivity index (χ1v) is 33.4. The quantitative estimate of drug-likeness (QED) is 0.0320. The molecule has 1 amide bonds. The van der Waals surface area contributed by atoms with Crippen LogP contribution in [-0.2, 0) is 14.3 Å². The van der Waals surface area contributed by atoms with Crippen molar-refractivity contribution in [3.05, 3.63) is 12.2 Å². The van der Waals surface area contributed by atoms with E-state index in [2.05, 4.69) is 31.3 Å². The van der Waals surface area contributed by atoms with Gasteiger partial charge in [0.25, 0.3) is 0 Å². The predicted octanol–water partition coefficient (Wildman–Crippen LogP) is 21.2. The van der Waals surface area contributed by atoms with Crippen LogP contribution in [0.4, 0.5) is 0 Å². The highest BCUT2D eigenvalue weighted by Gasteiger charge is 2.20. The molecule has 434 valence electrons. The Morgan fingerprint density at radius 3 is 0.973 bits per heavy atom. The number of ether oxygens (including phenoxy) is 1. The van der Waals surface area contributed by atoms with Crippen LogP contribution >= 0.6 is 0 Å². The van der Waals surface area contributed by atoms with Gasteiger partial charge in [-0.3, -0.25) is 9.59 Å². The van der Waals surface area contributed by atoms with Crippen molar-refractivity contribution >= 4 is 11.9 Å². The molecule has 2 unspecified atom stereocenters. The van der Waals surface area contributed by atoms with Crippen molar-refractivity contribution in [2.24, 2.45) is 0 Å². The summed E-state index contributed by atoms with van der Waals surface area (Å²) in [6, 6.07) is -0.541. The number of carbonyl (C=O) groups is 2. The number of hydrogen-bond acceptors (Lipinski definition) is 5. The summed E-state index contributed by atoms with van der Waals surface area (Å²) in [5.74, 6) is -0.0159. The molecule has 0 saturated carbocycles. The molecule has 0 aromatic heterocycles. The number of amides is 1. The molecule has 0 aromatic carbocycles. The summed E-state index contributed by atoms with van der Waals surface area (Å²) < 4.78 is 5.51. The van der Waals surface area contributed by atoms with Gasteiger partial charge < -0.3 is 20.3 Å². The Morgan fingerprint density at radius 2 is 0.644 bits per heavy atom. The van der Waals surface area contributed by atoms with Gasteiger partial charge >= 0.3 is 5.97 Å². The fourth-order valence-corrected chi connectivity index (χ4v) is 10.7. The summed E-state index contributed by atoms with van der Waals surface area (Å²) in [5, 5.41) is 23.2. The molecule has 73 heavy (non-hydrogen) atoms. The first-order valence-electron chi connectivity index (χ1n) is 33.4. The van der Waals surface area contributed by atoms with Gasteiger partial charge in [0, 0.05) is 12.8 Å². The van der Waals surface area contributed by atoms with Crippen molar-refractivity contribution in [3.8, 4) is 0 Å². The van der Waals surface area contributed by atoms with Crippen molar-refractivity contribution in [2.45, 2.75) is 392 Å². The van der Waals surface area contributed by atoms with E-state index in [1.807, 2.05) is 0 Å². The largest absolute Gasteiger partial charge is 0.466 e. The summed E-state index contributed by atoms with van der Waals surface area (Å²) in [4.78, 5) is 24.6. The molecule has 0 radical (unpaired) electrons. The molecule has 0 bridgehead atoms. The molecule has 0 heterocycles. The Kier molecular flexibility index (Phi) is 61.9. The number of hydrogen-bond donors (Lipinski definition) is 3. The van der Waals surface area contributed by atoms with E-state index in [1.54, 1.807) is 0 Å². The number of rotatable bonds is 63. The van der Waals surface area contributed by atoms with Crippen LogP contribution in [0.2, 0.25) is 0 Å². The second-order valence-corrected chi connectivity index (χ2v) is 23.2. The van der Waals surface area contributed by atoms with Crippen LogP contribution in [0.1, 0.15) is 380 Å². The molecule has 6 nitrogen and oxygen atoms in total. The first-order chi connectivity index (χ1) is 36.0. The van der Waals surface area contributed by atoms with Crippen molar-refractivity contribution in [3.63, 3.8) is 0 Å². The molecule has 0 rings (SSSR count). The highest BCUT2D eigenvalue weighted by atomic mass is 16.5. The third kappa shape index (κ3) is 59.7. The van der Waals surface area contributed by atoms with E-state index in [9.17, 15) is 19.8 Å². The minimum atomic E-state index is -0.663. The minimum absolute atomic E-state index is 0.0195. The van der Waals surface area contributed by atoms with Crippen LogP contribution in [0.3, 0.4) is 0 Å². The Morgan fingerprint density at radius 1 is 0.370 bits per heavy atom. The fraction of sp³-hybridized carbons (Fsp3) is 0.940. The van der Waals surface area contributed by atoms with E-state index in [4.69, 9.17) is 4.74 Å². The van der Waals surface area contributed by atoms with Gasteiger partial charge in [0.05, 0.1) is 25.4 Å². The first kappa shape index (κ1) is 71.6. The molecule has 2 atom stereocenters. The maximum atomic E-state index is 12.5. The zero-order valence-corrected chi connectivity index (χ0v) is 49.6. The minimum Gasteiger partial charge on any atom is -0.466 e. The third-order valence-electron chi connectivity index (χ3n) is 15.8. The SMILES string of the molecule is CCCCCCCCCCCCCCCCCCCCC(=O)OCCCCCCCCCCCCCC/C=C\CCCCCCCCCCCCC(=O)NC(CO)C(O)CCCCCCCCCCCCCC. The maximum Gasteiger partial charge on any atom is 0.305 e. The second-order valence-electron chi connectivity index (χ2n) is 23.2. The highest BCUT2D eigenvalue weighted by Crippen LogP contribution is 2.18. The highest BCUT2D eigenvalue weighted by molar-refractivity contribution is 5.76. The van der Waals surface area contributed by atoms with Crippen molar-refractivity contribution in [2.75, 3.05) is 13.2 Å². The number of esters is 1. The van der Waals surface area contributed by atoms with Gasteiger partial charge in [0.1, 0.15) is 0 Å². The molecule has 0 aliphatic heterocycles. The van der Waals surface area contributed by atoms with Gasteiger partial charge in [-0.05, 0) is 51.4 Å². The lowest BCUT2D eigenvalue weighted by atomic mass is 10.0. The van der Waals surface area contributed by atoms with Gasteiger partial charge in [-0.2, -0.15) is 0 Å². The summed E-state index contributed by atoms with van der Waals surface area (Å²) in [7, 11) is 0. The summed E-state index contributed by atoms with van der Waals surface area (Å²) in [6.45, 7) is 4.98. The van der Waals surface area contributed by atoms with Crippen LogP contribution in [0.5, 0.6) is 0 Å². The second kappa shape index (κ2) is 63.1. The molecule has 0 aromatic rings. The smallest absolute Gasteiger partial charge is 0.305 e. The van der Waals surface area contributed by atoms with Crippen molar-refractivity contribution < 1.29 is 24.5 Å². The van der Waals surface area contributed by atoms with Crippen LogP contribution in [-0.4, -0.2) is 47.4 Å². The van der Waals surface area contributed by atoms with Crippen molar-refractivity contribution in [1.29, 1.82) is 0 Å². The van der Waals surface area contributed by atoms with Gasteiger partial charge in [-0.1, -0.05) is 328 Å². The molecular formula is C67H131NO5. The molecule has 0 fully saturated rings. The van der Waals surface area contributed by atoms with Gasteiger partial charge in [-0.15, -0.1) is 0 Å². The van der Waals surface area contributed by atoms with E-state index >= 15 is 0 Å². The van der Waals surface area contributed by atoms with E-state index in [0.29, 0.717) is 25.9 Å². The molecule has 6 heteroatoms. The van der Waals surface area contributed by atoms with E-state index in [0.717, 1.165) is 38.5 Å². The molecule has 0 spiro atoms. The molecule has 3 N–H and O–H groups in total. The number of allylic oxidation sites excluding steroid dienone is 2. The Balaban J connectivity index is 3.34. The molecular weight excluding hydrogens is 899 g/mol. The topological polar surface area (TPSA) is 95.9 Å².